The van der Waals surface area contributed by atoms with Crippen molar-refractivity contribution in [3.8, 4) is 6.07 Å². The Hall–Kier alpha value is -2.84. The Morgan fingerprint density at radius 1 is 1.35 bits per heavy atom. The molecular weight excluding hydrogens is 290 g/mol. The van der Waals surface area contributed by atoms with Gasteiger partial charge in [-0.3, -0.25) is 0 Å². The maximum Gasteiger partial charge on any atom is 0.143 e. The lowest BCUT2D eigenvalue weighted by Gasteiger charge is -2.28. The number of hydrogen-bond donors (Lipinski definition) is 1. The van der Waals surface area contributed by atoms with Crippen LogP contribution < -0.4 is 4.90 Å². The number of nitrogens with zero attached hydrogens (tertiary/aromatic N) is 3. The number of para-hydroxylation sites is 1. The number of nitriles is 1. The topological polar surface area (TPSA) is 69.4 Å². The number of aromatic nitrogens is 1. The Kier molecular flexibility index (Phi) is 4.00. The van der Waals surface area contributed by atoms with E-state index in [-0.39, 0.29) is 0 Å². The molecule has 2 aromatic rings. The normalized spacial score (nSPS) is 17.2. The molecule has 1 N–H and O–H groups in total. The van der Waals surface area contributed by atoms with Gasteiger partial charge in [0.05, 0.1) is 18.3 Å². The lowest BCUT2D eigenvalue weighted by Crippen LogP contribution is -2.25. The van der Waals surface area contributed by atoms with E-state index in [0.717, 1.165) is 22.3 Å². The Labute approximate surface area is 134 Å². The zero-order chi connectivity index (χ0) is 16.4. The van der Waals surface area contributed by atoms with Crippen molar-refractivity contribution in [1.29, 1.82) is 5.26 Å². The van der Waals surface area contributed by atoms with Gasteiger partial charge in [0.2, 0.25) is 0 Å². The van der Waals surface area contributed by atoms with Crippen molar-refractivity contribution in [2.45, 2.75) is 12.5 Å². The van der Waals surface area contributed by atoms with Crippen LogP contribution in [0.1, 0.15) is 12.1 Å². The fraction of sp³-hybridized carbons (Fsp3) is 0.222. The highest BCUT2D eigenvalue weighted by atomic mass is 16.5. The van der Waals surface area contributed by atoms with Crippen molar-refractivity contribution in [3.05, 3.63) is 59.6 Å². The van der Waals surface area contributed by atoms with E-state index < -0.39 is 6.10 Å². The van der Waals surface area contributed by atoms with Crippen molar-refractivity contribution >= 4 is 16.6 Å². The molecule has 116 valence electrons. The van der Waals surface area contributed by atoms with E-state index >= 15 is 0 Å². The summed E-state index contributed by atoms with van der Waals surface area (Å²) in [7, 11) is 3.47. The second-order valence-electron chi connectivity index (χ2n) is 5.37. The molecule has 0 amide bonds. The van der Waals surface area contributed by atoms with Crippen LogP contribution in [0.5, 0.6) is 0 Å². The van der Waals surface area contributed by atoms with Crippen LogP contribution in [-0.2, 0) is 4.74 Å². The van der Waals surface area contributed by atoms with Crippen LogP contribution in [0, 0.1) is 11.3 Å². The average molecular weight is 307 g/mol. The number of fused-ring (bicyclic) bond motifs is 1. The van der Waals surface area contributed by atoms with E-state index in [1.165, 1.54) is 0 Å². The standard InChI is InChI=1S/C18H17N3O2/c1-21(13-7-8-18(23-2)17(22)10-13)16-9-12(11-19)20-15-6-4-3-5-14(15)16/h3-9,17,22H,10H2,1-2H3. The molecule has 5 heteroatoms. The van der Waals surface area contributed by atoms with Crippen molar-refractivity contribution in [2.24, 2.45) is 0 Å². The fourth-order valence-corrected chi connectivity index (χ4v) is 2.76. The first-order valence-electron chi connectivity index (χ1n) is 7.30. The van der Waals surface area contributed by atoms with Gasteiger partial charge < -0.3 is 14.7 Å². The van der Waals surface area contributed by atoms with Gasteiger partial charge in [0.15, 0.2) is 0 Å². The minimum Gasteiger partial charge on any atom is -0.498 e. The molecule has 0 saturated carbocycles. The van der Waals surface area contributed by atoms with E-state index in [0.29, 0.717) is 17.9 Å². The number of allylic oxidation sites excluding steroid dienone is 2. The molecule has 1 unspecified atom stereocenters. The molecule has 1 aromatic carbocycles. The Balaban J connectivity index is 2.08. The summed E-state index contributed by atoms with van der Waals surface area (Å²) in [5.41, 5.74) is 2.98. The van der Waals surface area contributed by atoms with Gasteiger partial charge in [-0.2, -0.15) is 5.26 Å². The number of anilines is 1. The van der Waals surface area contributed by atoms with Gasteiger partial charge >= 0.3 is 0 Å². The molecule has 0 spiro atoms. The molecule has 0 radical (unpaired) electrons. The van der Waals surface area contributed by atoms with Crippen molar-refractivity contribution in [2.75, 3.05) is 19.1 Å². The molecule has 1 atom stereocenters. The molecule has 0 fully saturated rings. The Morgan fingerprint density at radius 2 is 2.13 bits per heavy atom. The average Bonchev–Trinajstić information content (AvgIpc) is 2.60. The summed E-state index contributed by atoms with van der Waals surface area (Å²) in [5.74, 6) is 0.555. The number of pyridine rings is 1. The number of aliphatic hydroxyl groups excluding tert-OH is 1. The molecule has 1 aliphatic carbocycles. The first-order valence-corrected chi connectivity index (χ1v) is 7.30. The molecule has 0 saturated heterocycles. The van der Waals surface area contributed by atoms with Gasteiger partial charge in [-0.15, -0.1) is 0 Å². The second-order valence-corrected chi connectivity index (χ2v) is 5.37. The monoisotopic (exact) mass is 307 g/mol. The van der Waals surface area contributed by atoms with E-state index in [4.69, 9.17) is 4.74 Å². The van der Waals surface area contributed by atoms with Crippen molar-refractivity contribution < 1.29 is 9.84 Å². The number of ether oxygens (including phenoxy) is 1. The zero-order valence-corrected chi connectivity index (χ0v) is 13.0. The SMILES string of the molecule is COC1=CC=C(N(C)c2cc(C#N)nc3ccccc23)CC1O. The molecule has 3 rings (SSSR count). The summed E-state index contributed by atoms with van der Waals surface area (Å²) >= 11 is 0. The molecule has 23 heavy (non-hydrogen) atoms. The Bertz CT molecular complexity index is 849. The first kappa shape index (κ1) is 15.1. The highest BCUT2D eigenvalue weighted by Crippen LogP contribution is 2.31. The summed E-state index contributed by atoms with van der Waals surface area (Å²) in [6, 6.07) is 11.6. The van der Waals surface area contributed by atoms with E-state index in [1.807, 2.05) is 42.3 Å². The number of hydrogen-bond acceptors (Lipinski definition) is 5. The third-order valence-electron chi connectivity index (χ3n) is 4.01. The maximum absolute atomic E-state index is 10.1. The summed E-state index contributed by atoms with van der Waals surface area (Å²) in [5, 5.41) is 20.3. The highest BCUT2D eigenvalue weighted by molar-refractivity contribution is 5.93. The number of aliphatic hydroxyl groups is 1. The van der Waals surface area contributed by atoms with Crippen LogP contribution in [0.25, 0.3) is 10.9 Å². The van der Waals surface area contributed by atoms with Gasteiger partial charge in [-0.1, -0.05) is 18.2 Å². The summed E-state index contributed by atoms with van der Waals surface area (Å²) in [4.78, 5) is 6.32. The van der Waals surface area contributed by atoms with E-state index in [2.05, 4.69) is 11.1 Å². The van der Waals surface area contributed by atoms with Gasteiger partial charge in [0.25, 0.3) is 0 Å². The van der Waals surface area contributed by atoms with Gasteiger partial charge in [-0.25, -0.2) is 4.98 Å². The predicted molar refractivity (Wildman–Crippen MR) is 88.7 cm³/mol. The molecule has 1 aromatic heterocycles. The summed E-state index contributed by atoms with van der Waals surface area (Å²) in [6.07, 6.45) is 3.49. The molecule has 0 bridgehead atoms. The minimum absolute atomic E-state index is 0.371. The number of methoxy groups -OCH3 is 1. The molecule has 1 heterocycles. The maximum atomic E-state index is 10.1. The highest BCUT2D eigenvalue weighted by Gasteiger charge is 2.21. The summed E-state index contributed by atoms with van der Waals surface area (Å²) < 4.78 is 5.14. The largest absolute Gasteiger partial charge is 0.498 e. The van der Waals surface area contributed by atoms with Crippen molar-refractivity contribution in [3.63, 3.8) is 0 Å². The quantitative estimate of drug-likeness (QED) is 0.944. The van der Waals surface area contributed by atoms with Gasteiger partial charge in [-0.05, 0) is 24.3 Å². The van der Waals surface area contributed by atoms with Gasteiger partial charge in [0, 0.05) is 24.6 Å². The third-order valence-corrected chi connectivity index (χ3v) is 4.01. The Morgan fingerprint density at radius 3 is 2.83 bits per heavy atom. The lowest BCUT2D eigenvalue weighted by molar-refractivity contribution is 0.126. The van der Waals surface area contributed by atoms with Crippen LogP contribution in [0.2, 0.25) is 0 Å². The van der Waals surface area contributed by atoms with Crippen molar-refractivity contribution in [1.82, 2.24) is 4.98 Å². The van der Waals surface area contributed by atoms with Crippen LogP contribution in [0.15, 0.2) is 53.9 Å². The van der Waals surface area contributed by atoms with Crippen LogP contribution in [-0.4, -0.2) is 30.4 Å². The predicted octanol–water partition coefficient (Wildman–Crippen LogP) is 2.72. The molecule has 0 aliphatic heterocycles. The zero-order valence-electron chi connectivity index (χ0n) is 13.0. The van der Waals surface area contributed by atoms with Gasteiger partial charge in [0.1, 0.15) is 23.6 Å². The fourth-order valence-electron chi connectivity index (χ4n) is 2.76. The van der Waals surface area contributed by atoms with E-state index in [1.54, 1.807) is 19.3 Å². The van der Waals surface area contributed by atoms with Crippen LogP contribution in [0.3, 0.4) is 0 Å². The first-order chi connectivity index (χ1) is 11.1. The van der Waals surface area contributed by atoms with Crippen LogP contribution in [0.4, 0.5) is 5.69 Å². The molecule has 1 aliphatic rings. The minimum atomic E-state index is -0.661. The lowest BCUT2D eigenvalue weighted by atomic mass is 10.0. The number of benzene rings is 1. The summed E-state index contributed by atoms with van der Waals surface area (Å²) in [6.45, 7) is 0. The second kappa shape index (κ2) is 6.11. The third kappa shape index (κ3) is 2.77. The van der Waals surface area contributed by atoms with E-state index in [9.17, 15) is 10.4 Å². The molecule has 5 nitrogen and oxygen atoms in total. The number of rotatable bonds is 3. The smallest absolute Gasteiger partial charge is 0.143 e. The van der Waals surface area contributed by atoms with Crippen LogP contribution >= 0.6 is 0 Å². The molecular formula is C18H17N3O2.